The Labute approximate surface area is 251 Å². The molecule has 1 fully saturated rings. The molecule has 2 N–H and O–H groups in total. The number of carbonyl (C=O) groups excluding carboxylic acids is 1. The topological polar surface area (TPSA) is 106 Å². The summed E-state index contributed by atoms with van der Waals surface area (Å²) in [4.78, 5) is 28.0. The van der Waals surface area contributed by atoms with Crippen LogP contribution in [-0.4, -0.2) is 51.6 Å². The van der Waals surface area contributed by atoms with E-state index < -0.39 is 5.91 Å². The van der Waals surface area contributed by atoms with Gasteiger partial charge in [0.15, 0.2) is 0 Å². The lowest BCUT2D eigenvalue weighted by molar-refractivity contribution is -0.111. The summed E-state index contributed by atoms with van der Waals surface area (Å²) in [5.74, 6) is 7.27. The Morgan fingerprint density at radius 2 is 1.98 bits per heavy atom. The van der Waals surface area contributed by atoms with Crippen molar-refractivity contribution < 1.29 is 14.3 Å². The Morgan fingerprint density at radius 1 is 1.14 bits per heavy atom. The summed E-state index contributed by atoms with van der Waals surface area (Å²) < 4.78 is 14.2. The lowest BCUT2D eigenvalue weighted by atomic mass is 10.1. The van der Waals surface area contributed by atoms with E-state index in [0.29, 0.717) is 40.9 Å². The van der Waals surface area contributed by atoms with Crippen molar-refractivity contribution in [1.82, 2.24) is 19.4 Å². The van der Waals surface area contributed by atoms with Gasteiger partial charge < -0.3 is 24.7 Å². The molecule has 0 saturated carbocycles. The number of carbonyl (C=O) groups is 1. The van der Waals surface area contributed by atoms with Gasteiger partial charge in [0.1, 0.15) is 41.5 Å². The monoisotopic (exact) mass is 577 g/mol. The molecule has 0 aliphatic carbocycles. The fourth-order valence-electron chi connectivity index (χ4n) is 4.89. The minimum atomic E-state index is -0.415. The van der Waals surface area contributed by atoms with E-state index in [0.717, 1.165) is 41.8 Å². The molecule has 43 heavy (non-hydrogen) atoms. The number of nitrogens with zero attached hydrogens (tertiary/aromatic N) is 5. The smallest absolute Gasteiger partial charge is 0.300 e. The van der Waals surface area contributed by atoms with Crippen LogP contribution in [0.5, 0.6) is 17.2 Å². The Bertz CT molecular complexity index is 1780. The molecular weight excluding hydrogens is 542 g/mol. The first-order valence-electron chi connectivity index (χ1n) is 14.2. The molecule has 10 heteroatoms. The third kappa shape index (κ3) is 7.39. The first-order valence-corrected chi connectivity index (χ1v) is 14.2. The summed E-state index contributed by atoms with van der Waals surface area (Å²) >= 11 is 0. The predicted octanol–water partition coefficient (Wildman–Crippen LogP) is 5.29. The van der Waals surface area contributed by atoms with Crippen molar-refractivity contribution >= 4 is 34.0 Å². The number of aromatic nitrogens is 3. The third-order valence-corrected chi connectivity index (χ3v) is 7.07. The van der Waals surface area contributed by atoms with E-state index in [1.807, 2.05) is 67.2 Å². The van der Waals surface area contributed by atoms with E-state index in [9.17, 15) is 4.79 Å². The summed E-state index contributed by atoms with van der Waals surface area (Å²) in [6.45, 7) is 10.8. The highest BCUT2D eigenvalue weighted by molar-refractivity contribution is 6.06. The van der Waals surface area contributed by atoms with Crippen molar-refractivity contribution in [3.05, 3.63) is 78.8 Å². The number of anilines is 3. The fourth-order valence-corrected chi connectivity index (χ4v) is 4.89. The summed E-state index contributed by atoms with van der Waals surface area (Å²) in [6, 6.07) is 13.2. The fraction of sp³-hybridized carbons (Fsp3) is 0.273. The molecule has 0 atom stereocenters. The number of hydrogen-bond acceptors (Lipinski definition) is 8. The van der Waals surface area contributed by atoms with Crippen LogP contribution < -0.4 is 25.6 Å². The molecule has 220 valence electrons. The number of fused-ring (bicyclic) bond motifs is 1. The van der Waals surface area contributed by atoms with Gasteiger partial charge in [0, 0.05) is 49.2 Å². The third-order valence-electron chi connectivity index (χ3n) is 7.07. The number of likely N-dealkylation sites (tertiary alicyclic amines) is 1. The van der Waals surface area contributed by atoms with E-state index in [4.69, 9.17) is 9.47 Å². The Balaban J connectivity index is 1.39. The molecule has 5 rings (SSSR count). The molecule has 2 aromatic heterocycles. The lowest BCUT2D eigenvalue weighted by Gasteiger charge is -2.18. The first-order chi connectivity index (χ1) is 20.9. The highest BCUT2D eigenvalue weighted by atomic mass is 16.5. The Morgan fingerprint density at radius 3 is 2.74 bits per heavy atom. The maximum absolute atomic E-state index is 12.4. The molecule has 0 spiro atoms. The molecule has 10 nitrogen and oxygen atoms in total. The van der Waals surface area contributed by atoms with Crippen molar-refractivity contribution in [2.24, 2.45) is 12.0 Å². The van der Waals surface area contributed by atoms with Crippen LogP contribution in [0.25, 0.3) is 10.9 Å². The van der Waals surface area contributed by atoms with Gasteiger partial charge in [-0.25, -0.2) is 15.0 Å². The number of rotatable bonds is 10. The second-order valence-electron chi connectivity index (χ2n) is 10.2. The number of amides is 1. The van der Waals surface area contributed by atoms with Crippen molar-refractivity contribution in [2.45, 2.75) is 26.7 Å². The molecule has 1 aliphatic rings. The van der Waals surface area contributed by atoms with Crippen LogP contribution in [0.4, 0.5) is 17.2 Å². The molecule has 1 aliphatic heterocycles. The average molecular weight is 578 g/mol. The minimum absolute atomic E-state index is 0.415. The highest BCUT2D eigenvalue weighted by Gasteiger charge is 2.16. The van der Waals surface area contributed by atoms with Crippen LogP contribution in [-0.2, 0) is 11.8 Å². The maximum Gasteiger partial charge on any atom is 0.300 e. The van der Waals surface area contributed by atoms with Gasteiger partial charge in [-0.15, -0.1) is 0 Å². The number of benzene rings is 2. The van der Waals surface area contributed by atoms with E-state index >= 15 is 0 Å². The molecule has 0 bridgehead atoms. The van der Waals surface area contributed by atoms with Crippen molar-refractivity contribution in [3.8, 4) is 29.1 Å². The zero-order chi connectivity index (χ0) is 30.2. The molecule has 2 aromatic carbocycles. The van der Waals surface area contributed by atoms with Crippen LogP contribution >= 0.6 is 0 Å². The average Bonchev–Trinajstić information content (AvgIpc) is 3.51. The molecule has 1 saturated heterocycles. The minimum Gasteiger partial charge on any atom is -0.490 e. The lowest BCUT2D eigenvalue weighted by Crippen LogP contribution is -2.25. The van der Waals surface area contributed by atoms with E-state index in [1.165, 1.54) is 25.4 Å². The summed E-state index contributed by atoms with van der Waals surface area (Å²) in [5.41, 5.74) is 3.68. The number of hydrogen-bond donors (Lipinski definition) is 2. The second kappa shape index (κ2) is 13.7. The number of pyridine rings is 1. The molecule has 3 heterocycles. The van der Waals surface area contributed by atoms with Gasteiger partial charge in [-0.05, 0) is 81.6 Å². The van der Waals surface area contributed by atoms with E-state index in [1.54, 1.807) is 6.92 Å². The van der Waals surface area contributed by atoms with Crippen molar-refractivity contribution in [1.29, 1.82) is 0 Å². The highest BCUT2D eigenvalue weighted by Crippen LogP contribution is 2.34. The molecule has 1 amide bonds. The van der Waals surface area contributed by atoms with Gasteiger partial charge in [0.25, 0.3) is 5.91 Å². The predicted molar refractivity (Wildman–Crippen MR) is 168 cm³/mol. The second-order valence-corrected chi connectivity index (χ2v) is 10.2. The van der Waals surface area contributed by atoms with Crippen LogP contribution in [0.3, 0.4) is 0 Å². The van der Waals surface area contributed by atoms with Gasteiger partial charge >= 0.3 is 0 Å². The van der Waals surface area contributed by atoms with Gasteiger partial charge in [-0.1, -0.05) is 12.5 Å². The van der Waals surface area contributed by atoms with E-state index in [-0.39, 0.29) is 0 Å². The van der Waals surface area contributed by atoms with Gasteiger partial charge in [-0.2, -0.15) is 0 Å². The molecule has 0 unspecified atom stereocenters. The van der Waals surface area contributed by atoms with Crippen LogP contribution in [0.15, 0.2) is 72.8 Å². The summed E-state index contributed by atoms with van der Waals surface area (Å²) in [7, 11) is 1.91. The zero-order valence-electron chi connectivity index (χ0n) is 24.7. The maximum atomic E-state index is 12.4. The summed E-state index contributed by atoms with van der Waals surface area (Å²) in [6.07, 6.45) is 7.33. The number of nitrogens with one attached hydrogen (secondary N) is 2. The SMILES string of the molecule is C=C/N=c1/cc(Oc2ccc(Nc3ncnc4cc(OCCN5CCCC5)c(NC(=O)C#CC)cc34)cc2C)ccn1C. The largest absolute Gasteiger partial charge is 0.490 e. The molecule has 0 radical (unpaired) electrons. The Hall–Kier alpha value is -5.14. The van der Waals surface area contributed by atoms with Crippen molar-refractivity contribution in [3.63, 3.8) is 0 Å². The van der Waals surface area contributed by atoms with Gasteiger partial charge in [0.2, 0.25) is 0 Å². The van der Waals surface area contributed by atoms with Crippen molar-refractivity contribution in [2.75, 3.05) is 36.9 Å². The molecule has 4 aromatic rings. The standard InChI is InChI=1S/C33H35N7O3/c1-5-9-32(41)38-28-20-26-27(21-30(28)42-17-16-40-13-7-8-14-40)35-22-36-33(26)37-24-10-11-29(23(3)18-24)43-25-12-15-39(4)31(19-25)34-6-2/h6,10-12,15,18-22H,2,7-8,13-14,16-17H2,1,3-4H3,(H,38,41)(H,35,36,37)/b34-31-. The van der Waals surface area contributed by atoms with Crippen LogP contribution in [0.1, 0.15) is 25.3 Å². The van der Waals surface area contributed by atoms with Crippen LogP contribution in [0.2, 0.25) is 0 Å². The first kappa shape index (κ1) is 29.4. The van der Waals surface area contributed by atoms with Gasteiger partial charge in [0.05, 0.1) is 11.2 Å². The van der Waals surface area contributed by atoms with Crippen LogP contribution in [0, 0.1) is 18.8 Å². The number of aryl methyl sites for hydroxylation is 2. The number of ether oxygens (including phenoxy) is 2. The normalized spacial score (nSPS) is 13.3. The Kier molecular flexibility index (Phi) is 9.34. The zero-order valence-corrected chi connectivity index (χ0v) is 24.7. The van der Waals surface area contributed by atoms with Gasteiger partial charge in [-0.3, -0.25) is 9.69 Å². The molecular formula is C33H35N7O3. The van der Waals surface area contributed by atoms with E-state index in [2.05, 4.69) is 48.9 Å². The summed E-state index contributed by atoms with van der Waals surface area (Å²) in [5, 5.41) is 6.98. The quantitative estimate of drug-likeness (QED) is 0.247.